The SMILES string of the molecule is Cc1c(C(=O)N[C@H](C(=O)O[C@H]2CCOC2)C(C)C)ccc2c1B(O)OC2.S.S. The number of hydrogen-bond donors (Lipinski definition) is 2. The van der Waals surface area contributed by atoms with Gasteiger partial charge in [-0.05, 0) is 35.5 Å². The lowest BCUT2D eigenvalue weighted by Crippen LogP contribution is -2.47. The highest BCUT2D eigenvalue weighted by molar-refractivity contribution is 7.59. The second-order valence-corrected chi connectivity index (χ2v) is 7.09. The number of fused-ring (bicyclic) bond motifs is 1. The van der Waals surface area contributed by atoms with Gasteiger partial charge in [-0.15, -0.1) is 0 Å². The minimum atomic E-state index is -1.02. The lowest BCUT2D eigenvalue weighted by atomic mass is 9.75. The zero-order valence-electron chi connectivity index (χ0n) is 16.3. The van der Waals surface area contributed by atoms with Gasteiger partial charge in [0, 0.05) is 12.0 Å². The summed E-state index contributed by atoms with van der Waals surface area (Å²) in [6.07, 6.45) is 0.418. The molecule has 1 saturated heterocycles. The van der Waals surface area contributed by atoms with Gasteiger partial charge in [0.15, 0.2) is 0 Å². The van der Waals surface area contributed by atoms with Crippen molar-refractivity contribution >= 4 is 51.4 Å². The van der Waals surface area contributed by atoms with E-state index in [0.717, 1.165) is 5.56 Å². The van der Waals surface area contributed by atoms with Gasteiger partial charge in [-0.25, -0.2) is 4.79 Å². The van der Waals surface area contributed by atoms with Gasteiger partial charge in [-0.2, -0.15) is 27.0 Å². The maximum Gasteiger partial charge on any atom is 0.492 e. The Balaban J connectivity index is 0.00000196. The summed E-state index contributed by atoms with van der Waals surface area (Å²) in [5.41, 5.74) is 2.57. The van der Waals surface area contributed by atoms with E-state index in [2.05, 4.69) is 5.32 Å². The molecule has 0 spiro atoms. The molecule has 2 aliphatic heterocycles. The van der Waals surface area contributed by atoms with Crippen molar-refractivity contribution in [2.45, 2.75) is 45.9 Å². The molecule has 7 nitrogen and oxygen atoms in total. The van der Waals surface area contributed by atoms with Crippen LogP contribution in [0.5, 0.6) is 0 Å². The summed E-state index contributed by atoms with van der Waals surface area (Å²) in [6.45, 7) is 6.77. The molecule has 1 amide bonds. The van der Waals surface area contributed by atoms with Crippen molar-refractivity contribution in [3.8, 4) is 0 Å². The van der Waals surface area contributed by atoms with Crippen LogP contribution in [0.2, 0.25) is 0 Å². The molecule has 0 aliphatic carbocycles. The van der Waals surface area contributed by atoms with E-state index in [1.807, 2.05) is 13.8 Å². The molecule has 28 heavy (non-hydrogen) atoms. The fraction of sp³-hybridized carbons (Fsp3) is 0.556. The van der Waals surface area contributed by atoms with Crippen LogP contribution in [-0.2, 0) is 25.5 Å². The van der Waals surface area contributed by atoms with E-state index < -0.39 is 19.1 Å². The maximum absolute atomic E-state index is 12.8. The minimum absolute atomic E-state index is 0. The third-order valence-corrected chi connectivity index (χ3v) is 4.87. The number of nitrogens with one attached hydrogen (secondary N) is 1. The Labute approximate surface area is 179 Å². The molecule has 1 aromatic rings. The van der Waals surface area contributed by atoms with E-state index in [9.17, 15) is 14.6 Å². The molecule has 156 valence electrons. The lowest BCUT2D eigenvalue weighted by molar-refractivity contribution is -0.152. The van der Waals surface area contributed by atoms with Crippen molar-refractivity contribution in [2.24, 2.45) is 5.92 Å². The summed E-state index contributed by atoms with van der Waals surface area (Å²) in [4.78, 5) is 25.2. The Morgan fingerprint density at radius 3 is 2.64 bits per heavy atom. The summed E-state index contributed by atoms with van der Waals surface area (Å²) in [5.74, 6) is -0.953. The standard InChI is InChI=1S/C18H24BNO6.2H2S/c1-10(2)16(18(22)26-13-6-7-24-9-13)20-17(21)14-5-4-12-8-25-19(23)15(12)11(14)3;;/h4-5,10,13,16,23H,6-9H2,1-3H3,(H,20,21);2*1H2/t13-,16-;;/m0../s1. The van der Waals surface area contributed by atoms with Crippen molar-refractivity contribution in [2.75, 3.05) is 13.2 Å². The summed E-state index contributed by atoms with van der Waals surface area (Å²) in [5, 5.41) is 12.7. The molecule has 2 N–H and O–H groups in total. The molecule has 0 aromatic heterocycles. The monoisotopic (exact) mass is 429 g/mol. The van der Waals surface area contributed by atoms with Crippen LogP contribution in [0, 0.1) is 12.8 Å². The van der Waals surface area contributed by atoms with E-state index in [1.54, 1.807) is 19.1 Å². The highest BCUT2D eigenvalue weighted by Crippen LogP contribution is 2.17. The van der Waals surface area contributed by atoms with Gasteiger partial charge in [-0.3, -0.25) is 4.79 Å². The zero-order chi connectivity index (χ0) is 18.8. The fourth-order valence-corrected chi connectivity index (χ4v) is 3.31. The van der Waals surface area contributed by atoms with E-state index >= 15 is 0 Å². The molecule has 0 bridgehead atoms. The molecule has 0 unspecified atom stereocenters. The number of benzene rings is 1. The van der Waals surface area contributed by atoms with E-state index in [0.29, 0.717) is 42.8 Å². The van der Waals surface area contributed by atoms with Crippen LogP contribution in [0.25, 0.3) is 0 Å². The van der Waals surface area contributed by atoms with Crippen molar-refractivity contribution < 1.29 is 28.7 Å². The molecule has 0 saturated carbocycles. The molecule has 2 atom stereocenters. The average molecular weight is 429 g/mol. The van der Waals surface area contributed by atoms with Gasteiger partial charge >= 0.3 is 13.1 Å². The number of hydrogen-bond acceptors (Lipinski definition) is 6. The van der Waals surface area contributed by atoms with Crippen molar-refractivity contribution in [1.82, 2.24) is 5.32 Å². The Kier molecular flexibility index (Phi) is 9.35. The Morgan fingerprint density at radius 2 is 2.04 bits per heavy atom. The molecule has 1 fully saturated rings. The fourth-order valence-electron chi connectivity index (χ4n) is 3.31. The predicted octanol–water partition coefficient (Wildman–Crippen LogP) is 0.525. The molecule has 0 radical (unpaired) electrons. The predicted molar refractivity (Wildman–Crippen MR) is 116 cm³/mol. The van der Waals surface area contributed by atoms with Gasteiger partial charge in [0.05, 0.1) is 19.8 Å². The number of amides is 1. The lowest BCUT2D eigenvalue weighted by Gasteiger charge is -2.23. The first-order valence-electron chi connectivity index (χ1n) is 8.89. The molecule has 2 heterocycles. The third kappa shape index (κ3) is 5.24. The topological polar surface area (TPSA) is 94.1 Å². The number of rotatable bonds is 5. The summed E-state index contributed by atoms with van der Waals surface area (Å²) < 4.78 is 15.9. The van der Waals surface area contributed by atoms with Gasteiger partial charge in [0.2, 0.25) is 0 Å². The molecule has 3 rings (SSSR count). The van der Waals surface area contributed by atoms with Crippen LogP contribution in [0.1, 0.15) is 41.8 Å². The van der Waals surface area contributed by atoms with Crippen LogP contribution in [0.3, 0.4) is 0 Å². The number of carbonyl (C=O) groups excluding carboxylic acids is 2. The zero-order valence-corrected chi connectivity index (χ0v) is 18.3. The third-order valence-electron chi connectivity index (χ3n) is 4.87. The Hall–Kier alpha value is -1.20. The highest BCUT2D eigenvalue weighted by Gasteiger charge is 2.33. The second-order valence-electron chi connectivity index (χ2n) is 7.09. The number of esters is 1. The van der Waals surface area contributed by atoms with Crippen molar-refractivity contribution in [3.63, 3.8) is 0 Å². The molecule has 2 aliphatic rings. The first-order valence-corrected chi connectivity index (χ1v) is 8.89. The minimum Gasteiger partial charge on any atom is -0.458 e. The Morgan fingerprint density at radius 1 is 1.32 bits per heavy atom. The number of carbonyl (C=O) groups is 2. The normalized spacial score (nSPS) is 18.8. The van der Waals surface area contributed by atoms with E-state index in [-0.39, 0.29) is 44.9 Å². The Bertz CT molecular complexity index is 712. The van der Waals surface area contributed by atoms with E-state index in [1.165, 1.54) is 0 Å². The highest BCUT2D eigenvalue weighted by atomic mass is 32.1. The molecule has 10 heteroatoms. The maximum atomic E-state index is 12.8. The smallest absolute Gasteiger partial charge is 0.458 e. The molecule has 1 aromatic carbocycles. The average Bonchev–Trinajstić information content (AvgIpc) is 3.22. The number of ether oxygens (including phenoxy) is 2. The first-order chi connectivity index (χ1) is 12.4. The van der Waals surface area contributed by atoms with Gasteiger partial charge < -0.3 is 24.5 Å². The van der Waals surface area contributed by atoms with Crippen LogP contribution in [-0.4, -0.2) is 49.4 Å². The van der Waals surface area contributed by atoms with Crippen LogP contribution in [0.4, 0.5) is 0 Å². The quantitative estimate of drug-likeness (QED) is 0.524. The molecular weight excluding hydrogens is 401 g/mol. The van der Waals surface area contributed by atoms with Gasteiger partial charge in [-0.1, -0.05) is 19.9 Å². The second kappa shape index (κ2) is 10.5. The van der Waals surface area contributed by atoms with Crippen LogP contribution >= 0.6 is 27.0 Å². The van der Waals surface area contributed by atoms with Gasteiger partial charge in [0.1, 0.15) is 12.1 Å². The molecular formula is C18H28BNO6S2. The van der Waals surface area contributed by atoms with Crippen molar-refractivity contribution in [3.05, 3.63) is 28.8 Å². The largest absolute Gasteiger partial charge is 0.492 e. The van der Waals surface area contributed by atoms with Crippen LogP contribution < -0.4 is 10.8 Å². The summed E-state index contributed by atoms with van der Waals surface area (Å²) in [6, 6.07) is 2.71. The summed E-state index contributed by atoms with van der Waals surface area (Å²) >= 11 is 0. The van der Waals surface area contributed by atoms with Gasteiger partial charge in [0.25, 0.3) is 5.91 Å². The van der Waals surface area contributed by atoms with Crippen molar-refractivity contribution in [1.29, 1.82) is 0 Å². The summed E-state index contributed by atoms with van der Waals surface area (Å²) in [7, 11) is -1.02. The first kappa shape index (κ1) is 24.8. The van der Waals surface area contributed by atoms with Crippen LogP contribution in [0.15, 0.2) is 12.1 Å². The van der Waals surface area contributed by atoms with E-state index in [4.69, 9.17) is 14.1 Å².